The van der Waals surface area contributed by atoms with Crippen LogP contribution in [-0.2, 0) is 6.54 Å². The third-order valence-electron chi connectivity index (χ3n) is 2.88. The zero-order valence-corrected chi connectivity index (χ0v) is 10.8. The molecule has 0 aliphatic rings. The Kier molecular flexibility index (Phi) is 4.00. The Morgan fingerprint density at radius 2 is 1.55 bits per heavy atom. The lowest BCUT2D eigenvalue weighted by atomic mass is 10.1. The SMILES string of the molecule is NC(=O)c1ccc(NCc2cccc(C(N)=O)c2)cc1. The van der Waals surface area contributed by atoms with Crippen LogP contribution < -0.4 is 16.8 Å². The van der Waals surface area contributed by atoms with Crippen molar-refractivity contribution in [2.24, 2.45) is 11.5 Å². The summed E-state index contributed by atoms with van der Waals surface area (Å²) in [5, 5.41) is 3.19. The summed E-state index contributed by atoms with van der Waals surface area (Å²) in [6.07, 6.45) is 0. The molecule has 0 aliphatic heterocycles. The van der Waals surface area contributed by atoms with Gasteiger partial charge in [-0.05, 0) is 42.0 Å². The van der Waals surface area contributed by atoms with E-state index >= 15 is 0 Å². The van der Waals surface area contributed by atoms with E-state index in [-0.39, 0.29) is 0 Å². The van der Waals surface area contributed by atoms with Crippen LogP contribution in [-0.4, -0.2) is 11.8 Å². The number of benzene rings is 2. The van der Waals surface area contributed by atoms with Crippen molar-refractivity contribution in [2.75, 3.05) is 5.32 Å². The Bertz CT molecular complexity index is 636. The highest BCUT2D eigenvalue weighted by Gasteiger charge is 2.02. The van der Waals surface area contributed by atoms with E-state index in [4.69, 9.17) is 11.5 Å². The van der Waals surface area contributed by atoms with Crippen LogP contribution in [0, 0.1) is 0 Å². The molecule has 5 N–H and O–H groups in total. The Hall–Kier alpha value is -2.82. The molecule has 5 nitrogen and oxygen atoms in total. The van der Waals surface area contributed by atoms with Crippen molar-refractivity contribution in [3.63, 3.8) is 0 Å². The van der Waals surface area contributed by atoms with Gasteiger partial charge in [-0.1, -0.05) is 12.1 Å². The summed E-state index contributed by atoms with van der Waals surface area (Å²) in [6, 6.07) is 14.0. The molecule has 0 saturated carbocycles. The number of anilines is 1. The van der Waals surface area contributed by atoms with Gasteiger partial charge in [-0.3, -0.25) is 9.59 Å². The van der Waals surface area contributed by atoms with Crippen LogP contribution in [0.4, 0.5) is 5.69 Å². The first kappa shape index (κ1) is 13.6. The molecule has 0 aliphatic carbocycles. The maximum atomic E-state index is 11.1. The molecule has 0 heterocycles. The molecule has 2 rings (SSSR count). The molecule has 2 amide bonds. The fraction of sp³-hybridized carbons (Fsp3) is 0.0667. The number of hydrogen-bond donors (Lipinski definition) is 3. The molecule has 0 radical (unpaired) electrons. The van der Waals surface area contributed by atoms with Gasteiger partial charge in [0.2, 0.25) is 11.8 Å². The fourth-order valence-electron chi connectivity index (χ4n) is 1.79. The first-order valence-electron chi connectivity index (χ1n) is 6.09. The lowest BCUT2D eigenvalue weighted by Gasteiger charge is -2.07. The third kappa shape index (κ3) is 3.35. The largest absolute Gasteiger partial charge is 0.381 e. The van der Waals surface area contributed by atoms with Gasteiger partial charge in [-0.15, -0.1) is 0 Å². The molecule has 0 unspecified atom stereocenters. The maximum Gasteiger partial charge on any atom is 0.248 e. The van der Waals surface area contributed by atoms with Crippen molar-refractivity contribution in [3.05, 3.63) is 65.2 Å². The van der Waals surface area contributed by atoms with Crippen LogP contribution in [0.5, 0.6) is 0 Å². The average molecular weight is 269 g/mol. The van der Waals surface area contributed by atoms with Crippen LogP contribution in [0.15, 0.2) is 48.5 Å². The Labute approximate surface area is 116 Å². The van der Waals surface area contributed by atoms with Crippen molar-refractivity contribution in [2.45, 2.75) is 6.54 Å². The van der Waals surface area contributed by atoms with Gasteiger partial charge in [0.25, 0.3) is 0 Å². The maximum absolute atomic E-state index is 11.1. The van der Waals surface area contributed by atoms with Crippen molar-refractivity contribution in [1.82, 2.24) is 0 Å². The van der Waals surface area contributed by atoms with E-state index in [0.29, 0.717) is 17.7 Å². The van der Waals surface area contributed by atoms with E-state index in [0.717, 1.165) is 11.3 Å². The van der Waals surface area contributed by atoms with Crippen LogP contribution >= 0.6 is 0 Å². The molecular weight excluding hydrogens is 254 g/mol. The van der Waals surface area contributed by atoms with E-state index < -0.39 is 11.8 Å². The topological polar surface area (TPSA) is 98.2 Å². The molecule has 2 aromatic carbocycles. The normalized spacial score (nSPS) is 10.0. The molecule has 102 valence electrons. The van der Waals surface area contributed by atoms with Gasteiger partial charge in [-0.2, -0.15) is 0 Å². The summed E-state index contributed by atoms with van der Waals surface area (Å²) in [6.45, 7) is 0.553. The van der Waals surface area contributed by atoms with Crippen LogP contribution in [0.2, 0.25) is 0 Å². The number of primary amides is 2. The monoisotopic (exact) mass is 269 g/mol. The van der Waals surface area contributed by atoms with E-state index in [1.54, 1.807) is 42.5 Å². The smallest absolute Gasteiger partial charge is 0.248 e. The van der Waals surface area contributed by atoms with Crippen LogP contribution in [0.1, 0.15) is 26.3 Å². The second kappa shape index (κ2) is 5.88. The predicted octanol–water partition coefficient (Wildman–Crippen LogP) is 1.50. The average Bonchev–Trinajstić information content (AvgIpc) is 2.46. The quantitative estimate of drug-likeness (QED) is 0.767. The fourth-order valence-corrected chi connectivity index (χ4v) is 1.79. The third-order valence-corrected chi connectivity index (χ3v) is 2.88. The minimum Gasteiger partial charge on any atom is -0.381 e. The van der Waals surface area contributed by atoms with Gasteiger partial charge in [0.1, 0.15) is 0 Å². The summed E-state index contributed by atoms with van der Waals surface area (Å²) in [5.41, 5.74) is 13.2. The number of hydrogen-bond acceptors (Lipinski definition) is 3. The molecule has 2 aromatic rings. The Morgan fingerprint density at radius 3 is 2.15 bits per heavy atom. The first-order valence-corrected chi connectivity index (χ1v) is 6.09. The highest BCUT2D eigenvalue weighted by Crippen LogP contribution is 2.12. The zero-order valence-electron chi connectivity index (χ0n) is 10.8. The summed E-state index contributed by atoms with van der Waals surface area (Å²) in [7, 11) is 0. The van der Waals surface area contributed by atoms with Crippen LogP contribution in [0.3, 0.4) is 0 Å². The standard InChI is InChI=1S/C15H15N3O2/c16-14(19)11-4-6-13(7-5-11)18-9-10-2-1-3-12(8-10)15(17)20/h1-8,18H,9H2,(H2,16,19)(H2,17,20). The molecule has 0 bridgehead atoms. The summed E-state index contributed by atoms with van der Waals surface area (Å²) >= 11 is 0. The van der Waals surface area contributed by atoms with Crippen molar-refractivity contribution in [3.8, 4) is 0 Å². The zero-order chi connectivity index (χ0) is 14.5. The van der Waals surface area contributed by atoms with Crippen molar-refractivity contribution < 1.29 is 9.59 Å². The second-order valence-corrected chi connectivity index (χ2v) is 4.36. The molecule has 0 atom stereocenters. The number of rotatable bonds is 5. The van der Waals surface area contributed by atoms with E-state index in [2.05, 4.69) is 5.32 Å². The summed E-state index contributed by atoms with van der Waals surface area (Å²) in [5.74, 6) is -0.900. The Balaban J connectivity index is 2.03. The minimum atomic E-state index is -0.453. The van der Waals surface area contributed by atoms with E-state index in [9.17, 15) is 9.59 Å². The highest BCUT2D eigenvalue weighted by molar-refractivity contribution is 5.93. The molecule has 20 heavy (non-hydrogen) atoms. The van der Waals surface area contributed by atoms with E-state index in [1.165, 1.54) is 0 Å². The van der Waals surface area contributed by atoms with Crippen molar-refractivity contribution >= 4 is 17.5 Å². The minimum absolute atomic E-state index is 0.447. The second-order valence-electron chi connectivity index (χ2n) is 4.36. The number of nitrogens with two attached hydrogens (primary N) is 2. The summed E-state index contributed by atoms with van der Waals surface area (Å²) in [4.78, 5) is 22.0. The highest BCUT2D eigenvalue weighted by atomic mass is 16.1. The lowest BCUT2D eigenvalue weighted by Crippen LogP contribution is -2.12. The van der Waals surface area contributed by atoms with Gasteiger partial charge >= 0.3 is 0 Å². The van der Waals surface area contributed by atoms with Gasteiger partial charge in [0, 0.05) is 23.4 Å². The molecule has 0 saturated heterocycles. The summed E-state index contributed by atoms with van der Waals surface area (Å²) < 4.78 is 0. The van der Waals surface area contributed by atoms with Gasteiger partial charge in [-0.25, -0.2) is 0 Å². The molecule has 0 aromatic heterocycles. The number of nitrogens with one attached hydrogen (secondary N) is 1. The number of amides is 2. The van der Waals surface area contributed by atoms with E-state index in [1.807, 2.05) is 6.07 Å². The lowest BCUT2D eigenvalue weighted by molar-refractivity contribution is 0.0992. The predicted molar refractivity (Wildman–Crippen MR) is 77.2 cm³/mol. The molecular formula is C15H15N3O2. The molecule has 5 heteroatoms. The first-order chi connectivity index (χ1) is 9.56. The number of carbonyl (C=O) groups excluding carboxylic acids is 2. The van der Waals surface area contributed by atoms with Gasteiger partial charge < -0.3 is 16.8 Å². The van der Waals surface area contributed by atoms with Gasteiger partial charge in [0.15, 0.2) is 0 Å². The molecule has 0 fully saturated rings. The van der Waals surface area contributed by atoms with Gasteiger partial charge in [0.05, 0.1) is 0 Å². The molecule has 0 spiro atoms. The number of carbonyl (C=O) groups is 2. The Morgan fingerprint density at radius 1 is 0.900 bits per heavy atom. The van der Waals surface area contributed by atoms with Crippen molar-refractivity contribution in [1.29, 1.82) is 0 Å². The van der Waals surface area contributed by atoms with Crippen LogP contribution in [0.25, 0.3) is 0 Å².